The lowest BCUT2D eigenvalue weighted by atomic mass is 9.70. The molecule has 12 rings (SSSR count). The van der Waals surface area contributed by atoms with Crippen LogP contribution in [0.5, 0.6) is 0 Å². The lowest BCUT2D eigenvalue weighted by Gasteiger charge is -2.31. The van der Waals surface area contributed by atoms with Crippen LogP contribution >= 0.6 is 0 Å². The number of anilines is 6. The van der Waals surface area contributed by atoms with Gasteiger partial charge in [0.15, 0.2) is 0 Å². The minimum absolute atomic E-state index is 0.445. The quantitative estimate of drug-likeness (QED) is 0.151. The first kappa shape index (κ1) is 36.6. The van der Waals surface area contributed by atoms with E-state index in [0.29, 0.717) is 0 Å². The number of nitrogens with zero attached hydrogens (tertiary/aromatic N) is 2. The van der Waals surface area contributed by atoms with Crippen molar-refractivity contribution in [3.05, 3.63) is 277 Å². The minimum atomic E-state index is -0.445. The van der Waals surface area contributed by atoms with Gasteiger partial charge in [0.2, 0.25) is 0 Å². The molecule has 0 aromatic heterocycles. The number of rotatable bonds is 8. The van der Waals surface area contributed by atoms with E-state index in [1.54, 1.807) is 0 Å². The Bertz CT molecular complexity index is 3210. The summed E-state index contributed by atoms with van der Waals surface area (Å²) in [7, 11) is 0. The van der Waals surface area contributed by atoms with Crippen LogP contribution in [0.3, 0.4) is 0 Å². The van der Waals surface area contributed by atoms with Gasteiger partial charge >= 0.3 is 0 Å². The summed E-state index contributed by atoms with van der Waals surface area (Å²) in [6, 6.07) is 93.0. The van der Waals surface area contributed by atoms with E-state index >= 15 is 0 Å². The Balaban J connectivity index is 0.968. The van der Waals surface area contributed by atoms with E-state index in [1.807, 2.05) is 0 Å². The molecule has 0 bridgehead atoms. The van der Waals surface area contributed by atoms with Crippen LogP contribution in [0.2, 0.25) is 0 Å². The summed E-state index contributed by atoms with van der Waals surface area (Å²) in [5.74, 6) is 0. The van der Waals surface area contributed by atoms with Crippen LogP contribution in [0.1, 0.15) is 22.3 Å². The summed E-state index contributed by atoms with van der Waals surface area (Å²) in [6.45, 7) is 0. The van der Waals surface area contributed by atoms with E-state index in [9.17, 15) is 0 Å². The predicted octanol–water partition coefficient (Wildman–Crippen LogP) is 16.3. The van der Waals surface area contributed by atoms with Crippen LogP contribution in [-0.4, -0.2) is 0 Å². The molecule has 1 unspecified atom stereocenters. The van der Waals surface area contributed by atoms with Crippen molar-refractivity contribution < 1.29 is 0 Å². The molecule has 2 aliphatic rings. The highest BCUT2D eigenvalue weighted by molar-refractivity contribution is 5.97. The third-order valence-electron chi connectivity index (χ3n) is 13.1. The maximum absolute atomic E-state index is 2.43. The van der Waals surface area contributed by atoms with Gasteiger partial charge in [0.25, 0.3) is 0 Å². The van der Waals surface area contributed by atoms with Crippen molar-refractivity contribution in [3.8, 4) is 44.5 Å². The molecule has 10 aromatic rings. The molecule has 0 aliphatic heterocycles. The largest absolute Gasteiger partial charge is 0.311 e. The molecule has 0 radical (unpaired) electrons. The molecule has 0 saturated carbocycles. The molecule has 1 atom stereocenters. The van der Waals surface area contributed by atoms with Crippen molar-refractivity contribution in [2.45, 2.75) is 5.41 Å². The van der Waals surface area contributed by atoms with E-state index in [0.717, 1.165) is 34.1 Å². The maximum atomic E-state index is 2.43. The van der Waals surface area contributed by atoms with E-state index in [4.69, 9.17) is 0 Å². The van der Waals surface area contributed by atoms with Gasteiger partial charge in [-0.05, 0) is 146 Å². The minimum Gasteiger partial charge on any atom is -0.311 e. The summed E-state index contributed by atoms with van der Waals surface area (Å²) < 4.78 is 0. The molecular formula is C61H42N2. The topological polar surface area (TPSA) is 6.48 Å². The van der Waals surface area contributed by atoms with Gasteiger partial charge in [0.05, 0.1) is 5.41 Å². The maximum Gasteiger partial charge on any atom is 0.0725 e. The van der Waals surface area contributed by atoms with Gasteiger partial charge in [0.1, 0.15) is 0 Å². The molecule has 0 saturated heterocycles. The lowest BCUT2D eigenvalue weighted by molar-refractivity contribution is 0.794. The second-order valence-corrected chi connectivity index (χ2v) is 16.5. The highest BCUT2D eigenvalue weighted by atomic mass is 15.1. The van der Waals surface area contributed by atoms with Gasteiger partial charge in [0, 0.05) is 34.1 Å². The molecule has 0 amide bonds. The third kappa shape index (κ3) is 5.95. The summed E-state index contributed by atoms with van der Waals surface area (Å²) in [6.07, 6.45) is 0. The zero-order chi connectivity index (χ0) is 41.7. The van der Waals surface area contributed by atoms with Crippen LogP contribution < -0.4 is 9.80 Å². The molecule has 2 nitrogen and oxygen atoms in total. The second-order valence-electron chi connectivity index (χ2n) is 16.5. The SMILES string of the molecule is c1ccc(-c2ccc(N(c3ccccc3)c3ccc4c(c3)-c3ccccc3C43c4ccccc4-c4cc(-c5ccc(N(c6ccccc6)c6ccccc6)cc5)ccc43)cc2)cc1. The Morgan fingerprint density at radius 2 is 0.524 bits per heavy atom. The normalized spacial score (nSPS) is 14.1. The van der Waals surface area contributed by atoms with Gasteiger partial charge in [-0.25, -0.2) is 0 Å². The fourth-order valence-electron chi connectivity index (χ4n) is 10.3. The molecule has 0 heterocycles. The lowest BCUT2D eigenvalue weighted by Crippen LogP contribution is -2.25. The predicted molar refractivity (Wildman–Crippen MR) is 263 cm³/mol. The molecular weight excluding hydrogens is 761 g/mol. The Kier molecular flexibility index (Phi) is 8.76. The van der Waals surface area contributed by atoms with E-state index < -0.39 is 5.41 Å². The summed E-state index contributed by atoms with van der Waals surface area (Å²) in [5.41, 5.74) is 21.6. The molecule has 0 fully saturated rings. The van der Waals surface area contributed by atoms with Crippen molar-refractivity contribution in [2.75, 3.05) is 9.80 Å². The van der Waals surface area contributed by atoms with Gasteiger partial charge < -0.3 is 9.80 Å². The van der Waals surface area contributed by atoms with Crippen LogP contribution in [0, 0.1) is 0 Å². The van der Waals surface area contributed by atoms with Crippen LogP contribution in [0.25, 0.3) is 44.5 Å². The van der Waals surface area contributed by atoms with Crippen molar-refractivity contribution in [2.24, 2.45) is 0 Å². The van der Waals surface area contributed by atoms with Gasteiger partial charge in [-0.1, -0.05) is 176 Å². The zero-order valence-electron chi connectivity index (χ0n) is 34.6. The van der Waals surface area contributed by atoms with E-state index in [-0.39, 0.29) is 0 Å². The zero-order valence-corrected chi connectivity index (χ0v) is 34.6. The molecule has 2 aliphatic carbocycles. The van der Waals surface area contributed by atoms with Crippen molar-refractivity contribution >= 4 is 34.1 Å². The standard InChI is InChI=1S/C61H42N2/c1-5-17-43(18-6-1)44-29-34-51(35-30-44)63(49-23-11-4-12-24-49)52-38-40-60-56(42-52)54-26-14-16-28-58(54)61(60)57-27-15-13-25-53(57)55-41-46(33-39-59(55)61)45-31-36-50(37-32-45)62(47-19-7-2-8-20-47)48-21-9-3-10-22-48/h1-42H. The monoisotopic (exact) mass is 802 g/mol. The average Bonchev–Trinajstić information content (AvgIpc) is 3.82. The fourth-order valence-corrected chi connectivity index (χ4v) is 10.3. The van der Waals surface area contributed by atoms with Crippen LogP contribution in [-0.2, 0) is 5.41 Å². The van der Waals surface area contributed by atoms with Gasteiger partial charge in [-0.2, -0.15) is 0 Å². The molecule has 296 valence electrons. The average molecular weight is 803 g/mol. The number of para-hydroxylation sites is 3. The van der Waals surface area contributed by atoms with Crippen molar-refractivity contribution in [1.29, 1.82) is 0 Å². The molecule has 1 spiro atoms. The van der Waals surface area contributed by atoms with E-state index in [2.05, 4.69) is 265 Å². The molecule has 63 heavy (non-hydrogen) atoms. The Morgan fingerprint density at radius 1 is 0.206 bits per heavy atom. The molecule has 0 N–H and O–H groups in total. The number of fused-ring (bicyclic) bond motifs is 10. The first-order chi connectivity index (χ1) is 31.3. The number of benzene rings is 10. The smallest absolute Gasteiger partial charge is 0.0725 e. The first-order valence-electron chi connectivity index (χ1n) is 21.8. The fraction of sp³-hybridized carbons (Fsp3) is 0.0164. The second kappa shape index (κ2) is 15.1. The Hall–Kier alpha value is -8.20. The van der Waals surface area contributed by atoms with Crippen LogP contribution in [0.15, 0.2) is 255 Å². The van der Waals surface area contributed by atoms with Gasteiger partial charge in [-0.15, -0.1) is 0 Å². The van der Waals surface area contributed by atoms with Crippen molar-refractivity contribution in [1.82, 2.24) is 0 Å². The van der Waals surface area contributed by atoms with Crippen LogP contribution in [0.4, 0.5) is 34.1 Å². The summed E-state index contributed by atoms with van der Waals surface area (Å²) in [4.78, 5) is 4.70. The highest BCUT2D eigenvalue weighted by Crippen LogP contribution is 2.63. The van der Waals surface area contributed by atoms with Gasteiger partial charge in [-0.3, -0.25) is 0 Å². The molecule has 10 aromatic carbocycles. The summed E-state index contributed by atoms with van der Waals surface area (Å²) >= 11 is 0. The Labute approximate surface area is 369 Å². The number of hydrogen-bond acceptors (Lipinski definition) is 2. The highest BCUT2D eigenvalue weighted by Gasteiger charge is 2.51. The third-order valence-corrected chi connectivity index (χ3v) is 13.1. The van der Waals surface area contributed by atoms with Crippen molar-refractivity contribution in [3.63, 3.8) is 0 Å². The molecule has 2 heteroatoms. The van der Waals surface area contributed by atoms with E-state index in [1.165, 1.54) is 66.8 Å². The first-order valence-corrected chi connectivity index (χ1v) is 21.8. The summed E-state index contributed by atoms with van der Waals surface area (Å²) in [5, 5.41) is 0. The Morgan fingerprint density at radius 3 is 1.03 bits per heavy atom. The number of hydrogen-bond donors (Lipinski definition) is 0.